The number of pyridine rings is 1. The molecule has 5 heteroatoms. The highest BCUT2D eigenvalue weighted by Gasteiger charge is 2.18. The Kier molecular flexibility index (Phi) is 3.49. The molecular formula is C12H14N3O2. The van der Waals surface area contributed by atoms with Crippen LogP contribution in [0.1, 0.15) is 49.4 Å². The second-order valence-electron chi connectivity index (χ2n) is 4.00. The van der Waals surface area contributed by atoms with Crippen LogP contribution in [0.25, 0.3) is 0 Å². The van der Waals surface area contributed by atoms with Crippen LogP contribution in [0.3, 0.4) is 0 Å². The van der Waals surface area contributed by atoms with Gasteiger partial charge in [-0.15, -0.1) is 0 Å². The molecule has 2 heterocycles. The maximum absolute atomic E-state index is 11.9. The summed E-state index contributed by atoms with van der Waals surface area (Å²) in [6.45, 7) is 4.25. The van der Waals surface area contributed by atoms with E-state index in [2.05, 4.69) is 33.5 Å². The highest BCUT2D eigenvalue weighted by Crippen LogP contribution is 2.21. The van der Waals surface area contributed by atoms with Gasteiger partial charge < -0.3 is 4.52 Å². The summed E-state index contributed by atoms with van der Waals surface area (Å²) in [6.07, 6.45) is 2.76. The van der Waals surface area contributed by atoms with Crippen molar-refractivity contribution in [2.24, 2.45) is 0 Å². The lowest BCUT2D eigenvalue weighted by molar-refractivity contribution is 0.110. The van der Waals surface area contributed by atoms with Crippen LogP contribution in [0.5, 0.6) is 0 Å². The van der Waals surface area contributed by atoms with E-state index in [1.807, 2.05) is 6.07 Å². The third-order valence-electron chi connectivity index (χ3n) is 2.87. The van der Waals surface area contributed by atoms with Gasteiger partial charge in [-0.25, -0.2) is 5.11 Å². The number of hydrogen-bond donors (Lipinski definition) is 0. The van der Waals surface area contributed by atoms with Gasteiger partial charge in [-0.3, -0.25) is 4.98 Å². The van der Waals surface area contributed by atoms with Crippen molar-refractivity contribution in [1.29, 1.82) is 0 Å². The number of aromatic nitrogens is 3. The number of hydrogen-bond acceptors (Lipinski definition) is 4. The molecule has 0 spiro atoms. The topological polar surface area (TPSA) is 71.7 Å². The molecule has 2 aromatic rings. The van der Waals surface area contributed by atoms with Gasteiger partial charge in [0.15, 0.2) is 6.10 Å². The molecule has 0 aliphatic carbocycles. The van der Waals surface area contributed by atoms with Gasteiger partial charge in [0, 0.05) is 6.20 Å². The molecule has 0 N–H and O–H groups in total. The summed E-state index contributed by atoms with van der Waals surface area (Å²) in [4.78, 5) is 7.91. The van der Waals surface area contributed by atoms with Crippen molar-refractivity contribution in [3.63, 3.8) is 0 Å². The molecule has 0 fully saturated rings. The van der Waals surface area contributed by atoms with Crippen molar-refractivity contribution >= 4 is 0 Å². The van der Waals surface area contributed by atoms with E-state index in [1.165, 1.54) is 0 Å². The summed E-state index contributed by atoms with van der Waals surface area (Å²) in [6, 6.07) is 3.66. The molecule has 0 aliphatic rings. The average molecular weight is 232 g/mol. The van der Waals surface area contributed by atoms with Crippen LogP contribution in [0.15, 0.2) is 29.2 Å². The first kappa shape index (κ1) is 11.7. The highest BCUT2D eigenvalue weighted by molar-refractivity contribution is 5.21. The summed E-state index contributed by atoms with van der Waals surface area (Å²) in [5, 5.41) is 15.4. The average Bonchev–Trinajstić information content (AvgIpc) is 2.91. The van der Waals surface area contributed by atoms with Crippen molar-refractivity contribution in [2.75, 3.05) is 0 Å². The first-order chi connectivity index (χ1) is 8.22. The van der Waals surface area contributed by atoms with Crippen LogP contribution in [-0.2, 0) is 5.11 Å². The van der Waals surface area contributed by atoms with E-state index in [9.17, 15) is 5.11 Å². The minimum absolute atomic E-state index is 0.119. The lowest BCUT2D eigenvalue weighted by atomic mass is 10.00. The maximum Gasteiger partial charge on any atom is 0.213 e. The summed E-state index contributed by atoms with van der Waals surface area (Å²) >= 11 is 0. The number of nitrogens with zero attached hydrogens (tertiary/aromatic N) is 3. The Labute approximate surface area is 99.5 Å². The predicted molar refractivity (Wildman–Crippen MR) is 59.8 cm³/mol. The van der Waals surface area contributed by atoms with Crippen molar-refractivity contribution in [1.82, 2.24) is 15.1 Å². The van der Waals surface area contributed by atoms with E-state index in [4.69, 9.17) is 0 Å². The van der Waals surface area contributed by atoms with Crippen LogP contribution in [0.2, 0.25) is 0 Å². The molecule has 0 saturated heterocycles. The first-order valence-electron chi connectivity index (χ1n) is 5.60. The Balaban J connectivity index is 2.18. The molecule has 2 rings (SSSR count). The number of rotatable bonds is 4. The molecule has 0 aromatic carbocycles. The standard InChI is InChI=1S/C12H14N3O2/c1-3-8(2)9-4-5-10(13-6-9)11(16)12-14-7-17-15-12/h4-8,11H,3H2,1-2H3. The fourth-order valence-corrected chi connectivity index (χ4v) is 1.53. The van der Waals surface area contributed by atoms with Crippen molar-refractivity contribution < 1.29 is 9.63 Å². The zero-order chi connectivity index (χ0) is 12.3. The van der Waals surface area contributed by atoms with Gasteiger partial charge in [-0.05, 0) is 24.0 Å². The highest BCUT2D eigenvalue weighted by atomic mass is 16.5. The maximum atomic E-state index is 11.9. The van der Waals surface area contributed by atoms with Gasteiger partial charge in [0.05, 0.1) is 5.69 Å². The molecule has 5 nitrogen and oxygen atoms in total. The second kappa shape index (κ2) is 5.05. The van der Waals surface area contributed by atoms with E-state index in [-0.39, 0.29) is 5.82 Å². The SMILES string of the molecule is CCC(C)c1ccc(C([O])c2ncon2)nc1. The predicted octanol–water partition coefficient (Wildman–Crippen LogP) is 2.50. The largest absolute Gasteiger partial charge is 0.343 e. The monoisotopic (exact) mass is 232 g/mol. The molecule has 0 saturated carbocycles. The minimum atomic E-state index is -1.18. The zero-order valence-corrected chi connectivity index (χ0v) is 9.83. The van der Waals surface area contributed by atoms with Crippen LogP contribution in [0.4, 0.5) is 0 Å². The summed E-state index contributed by atoms with van der Waals surface area (Å²) in [7, 11) is 0. The summed E-state index contributed by atoms with van der Waals surface area (Å²) in [5.41, 5.74) is 1.55. The van der Waals surface area contributed by atoms with Gasteiger partial charge in [0.25, 0.3) is 0 Å². The fraction of sp³-hybridized carbons (Fsp3) is 0.417. The van der Waals surface area contributed by atoms with E-state index < -0.39 is 6.10 Å². The van der Waals surface area contributed by atoms with Crippen molar-refractivity contribution in [2.45, 2.75) is 32.3 Å². The van der Waals surface area contributed by atoms with Crippen molar-refractivity contribution in [3.8, 4) is 0 Å². The lowest BCUT2D eigenvalue weighted by Gasteiger charge is -2.09. The zero-order valence-electron chi connectivity index (χ0n) is 9.83. The molecule has 17 heavy (non-hydrogen) atoms. The van der Waals surface area contributed by atoms with Gasteiger partial charge >= 0.3 is 0 Å². The molecule has 2 atom stereocenters. The van der Waals surface area contributed by atoms with Gasteiger partial charge in [0.1, 0.15) is 0 Å². The first-order valence-corrected chi connectivity index (χ1v) is 5.60. The molecule has 89 valence electrons. The Bertz CT molecular complexity index is 453. The van der Waals surface area contributed by atoms with Gasteiger partial charge in [-0.1, -0.05) is 25.1 Å². The summed E-state index contributed by atoms with van der Waals surface area (Å²) < 4.78 is 4.55. The molecule has 0 bridgehead atoms. The van der Waals surface area contributed by atoms with Crippen LogP contribution in [-0.4, -0.2) is 15.1 Å². The Hall–Kier alpha value is -1.75. The smallest absolute Gasteiger partial charge is 0.213 e. The van der Waals surface area contributed by atoms with Crippen LogP contribution < -0.4 is 0 Å². The second-order valence-corrected chi connectivity index (χ2v) is 4.00. The Morgan fingerprint density at radius 1 is 1.35 bits per heavy atom. The molecule has 1 radical (unpaired) electrons. The molecule has 0 aliphatic heterocycles. The van der Waals surface area contributed by atoms with E-state index in [1.54, 1.807) is 12.3 Å². The van der Waals surface area contributed by atoms with E-state index >= 15 is 0 Å². The quantitative estimate of drug-likeness (QED) is 0.811. The van der Waals surface area contributed by atoms with E-state index in [0.717, 1.165) is 18.4 Å². The van der Waals surface area contributed by atoms with E-state index in [0.29, 0.717) is 11.6 Å². The third kappa shape index (κ3) is 2.50. The van der Waals surface area contributed by atoms with Gasteiger partial charge in [-0.2, -0.15) is 4.98 Å². The third-order valence-corrected chi connectivity index (χ3v) is 2.87. The Morgan fingerprint density at radius 3 is 2.71 bits per heavy atom. The lowest BCUT2D eigenvalue weighted by Crippen LogP contribution is -2.03. The molecule has 2 aromatic heterocycles. The van der Waals surface area contributed by atoms with Crippen LogP contribution >= 0.6 is 0 Å². The van der Waals surface area contributed by atoms with Crippen molar-refractivity contribution in [3.05, 3.63) is 41.8 Å². The summed E-state index contributed by atoms with van der Waals surface area (Å²) in [5.74, 6) is 0.570. The molecular weight excluding hydrogens is 218 g/mol. The fourth-order valence-electron chi connectivity index (χ4n) is 1.53. The minimum Gasteiger partial charge on any atom is -0.343 e. The molecule has 0 amide bonds. The Morgan fingerprint density at radius 2 is 2.18 bits per heavy atom. The van der Waals surface area contributed by atoms with Gasteiger partial charge in [0.2, 0.25) is 12.2 Å². The normalized spacial score (nSPS) is 14.5. The molecule has 2 unspecified atom stereocenters. The van der Waals surface area contributed by atoms with Crippen LogP contribution in [0, 0.1) is 0 Å².